The van der Waals surface area contributed by atoms with Crippen LogP contribution in [0.15, 0.2) is 23.1 Å². The monoisotopic (exact) mass is 299 g/mol. The first-order chi connectivity index (χ1) is 9.40. The Labute approximate surface area is 122 Å². The minimum atomic E-state index is -3.44. The average molecular weight is 299 g/mol. The second-order valence-electron chi connectivity index (χ2n) is 5.00. The first kappa shape index (κ1) is 16.8. The molecule has 0 spiro atoms. The quantitative estimate of drug-likeness (QED) is 0.509. The van der Waals surface area contributed by atoms with Crippen LogP contribution in [0, 0.1) is 0 Å². The number of anilines is 2. The number of hydrogen-bond acceptors (Lipinski definition) is 4. The molecule has 0 amide bonds. The van der Waals surface area contributed by atoms with Crippen molar-refractivity contribution < 1.29 is 8.42 Å². The van der Waals surface area contributed by atoms with E-state index in [1.807, 2.05) is 0 Å². The minimum Gasteiger partial charge on any atom is -0.397 e. The van der Waals surface area contributed by atoms with Crippen LogP contribution in [0.1, 0.15) is 39.5 Å². The molecule has 114 valence electrons. The standard InChI is InChI=1S/C14H25N3O2S/c1-4-5-6-7-11(2)17-14-10-12(8-9-13(14)15)20(18,19)16-3/h8-11,16-17H,4-7,15H2,1-3H3. The summed E-state index contributed by atoms with van der Waals surface area (Å²) in [6.07, 6.45) is 4.58. The molecule has 0 aromatic heterocycles. The van der Waals surface area contributed by atoms with E-state index >= 15 is 0 Å². The van der Waals surface area contributed by atoms with Gasteiger partial charge in [0.05, 0.1) is 16.3 Å². The van der Waals surface area contributed by atoms with Crippen molar-refractivity contribution in [1.29, 1.82) is 0 Å². The number of sulfonamides is 1. The highest BCUT2D eigenvalue weighted by Gasteiger charge is 2.14. The van der Waals surface area contributed by atoms with Gasteiger partial charge in [0.15, 0.2) is 0 Å². The zero-order chi connectivity index (χ0) is 15.2. The summed E-state index contributed by atoms with van der Waals surface area (Å²) in [5.74, 6) is 0. The van der Waals surface area contributed by atoms with Gasteiger partial charge in [0.25, 0.3) is 0 Å². The number of nitrogen functional groups attached to an aromatic ring is 1. The van der Waals surface area contributed by atoms with Crippen LogP contribution < -0.4 is 15.8 Å². The fourth-order valence-electron chi connectivity index (χ4n) is 1.98. The SMILES string of the molecule is CCCCCC(C)Nc1cc(S(=O)(=O)NC)ccc1N. The predicted molar refractivity (Wildman–Crippen MR) is 84.3 cm³/mol. The van der Waals surface area contributed by atoms with Crippen LogP contribution in [0.4, 0.5) is 11.4 Å². The van der Waals surface area contributed by atoms with E-state index in [0.29, 0.717) is 11.4 Å². The van der Waals surface area contributed by atoms with E-state index in [0.717, 1.165) is 12.8 Å². The van der Waals surface area contributed by atoms with Gasteiger partial charge in [-0.2, -0.15) is 0 Å². The predicted octanol–water partition coefficient (Wildman–Crippen LogP) is 2.56. The Bertz CT molecular complexity index is 529. The molecular weight excluding hydrogens is 274 g/mol. The highest BCUT2D eigenvalue weighted by atomic mass is 32.2. The van der Waals surface area contributed by atoms with Gasteiger partial charge in [0.1, 0.15) is 0 Å². The highest BCUT2D eigenvalue weighted by Crippen LogP contribution is 2.24. The first-order valence-electron chi connectivity index (χ1n) is 7.00. The third-order valence-electron chi connectivity index (χ3n) is 3.25. The van der Waals surface area contributed by atoms with Crippen LogP contribution >= 0.6 is 0 Å². The van der Waals surface area contributed by atoms with Gasteiger partial charge in [-0.15, -0.1) is 0 Å². The van der Waals surface area contributed by atoms with Gasteiger partial charge in [-0.05, 0) is 38.6 Å². The molecule has 4 N–H and O–H groups in total. The summed E-state index contributed by atoms with van der Waals surface area (Å²) >= 11 is 0. The van der Waals surface area contributed by atoms with Crippen LogP contribution in [0.3, 0.4) is 0 Å². The lowest BCUT2D eigenvalue weighted by molar-refractivity contribution is 0.588. The maximum Gasteiger partial charge on any atom is 0.240 e. The summed E-state index contributed by atoms with van der Waals surface area (Å²) in [5.41, 5.74) is 7.13. The summed E-state index contributed by atoms with van der Waals surface area (Å²) in [5, 5.41) is 3.29. The van der Waals surface area contributed by atoms with E-state index in [9.17, 15) is 8.42 Å². The Morgan fingerprint density at radius 3 is 2.60 bits per heavy atom. The van der Waals surface area contributed by atoms with Crippen LogP contribution in [0.25, 0.3) is 0 Å². The number of nitrogens with two attached hydrogens (primary N) is 1. The number of unbranched alkanes of at least 4 members (excludes halogenated alkanes) is 2. The van der Waals surface area contributed by atoms with Gasteiger partial charge in [-0.25, -0.2) is 13.1 Å². The van der Waals surface area contributed by atoms with Gasteiger partial charge in [-0.3, -0.25) is 0 Å². The molecule has 0 radical (unpaired) electrons. The minimum absolute atomic E-state index is 0.220. The van der Waals surface area contributed by atoms with E-state index in [-0.39, 0.29) is 10.9 Å². The van der Waals surface area contributed by atoms with Gasteiger partial charge in [0, 0.05) is 6.04 Å². The lowest BCUT2D eigenvalue weighted by atomic mass is 10.1. The zero-order valence-electron chi connectivity index (χ0n) is 12.4. The molecule has 0 heterocycles. The highest BCUT2D eigenvalue weighted by molar-refractivity contribution is 7.89. The van der Waals surface area contributed by atoms with Crippen molar-refractivity contribution in [2.24, 2.45) is 0 Å². The Hall–Kier alpha value is -1.27. The van der Waals surface area contributed by atoms with Crippen molar-refractivity contribution in [3.8, 4) is 0 Å². The van der Waals surface area contributed by atoms with Crippen molar-refractivity contribution in [1.82, 2.24) is 4.72 Å². The molecule has 0 saturated carbocycles. The summed E-state index contributed by atoms with van der Waals surface area (Å²) < 4.78 is 25.9. The molecule has 1 rings (SSSR count). The molecule has 0 saturated heterocycles. The molecule has 1 aromatic carbocycles. The number of hydrogen-bond donors (Lipinski definition) is 3. The van der Waals surface area contributed by atoms with Gasteiger partial charge in [-0.1, -0.05) is 26.2 Å². The van der Waals surface area contributed by atoms with E-state index in [2.05, 4.69) is 23.9 Å². The third kappa shape index (κ3) is 4.68. The lowest BCUT2D eigenvalue weighted by Crippen LogP contribution is -2.20. The molecule has 1 atom stereocenters. The third-order valence-corrected chi connectivity index (χ3v) is 4.66. The maximum atomic E-state index is 11.8. The molecule has 0 fully saturated rings. The molecule has 1 unspecified atom stereocenters. The smallest absolute Gasteiger partial charge is 0.240 e. The molecular formula is C14H25N3O2S. The van der Waals surface area contributed by atoms with Gasteiger partial charge >= 0.3 is 0 Å². The fourth-order valence-corrected chi connectivity index (χ4v) is 2.74. The summed E-state index contributed by atoms with van der Waals surface area (Å²) in [7, 11) is -2.04. The van der Waals surface area contributed by atoms with E-state index in [1.54, 1.807) is 12.1 Å². The van der Waals surface area contributed by atoms with Crippen LogP contribution in [-0.2, 0) is 10.0 Å². The molecule has 20 heavy (non-hydrogen) atoms. The molecule has 0 aliphatic carbocycles. The molecule has 5 nitrogen and oxygen atoms in total. The zero-order valence-corrected chi connectivity index (χ0v) is 13.3. The first-order valence-corrected chi connectivity index (χ1v) is 8.48. The molecule has 6 heteroatoms. The molecule has 0 aliphatic rings. The normalized spacial score (nSPS) is 13.2. The second kappa shape index (κ2) is 7.50. The second-order valence-corrected chi connectivity index (χ2v) is 6.88. The van der Waals surface area contributed by atoms with Crippen molar-refractivity contribution >= 4 is 21.4 Å². The number of nitrogens with one attached hydrogen (secondary N) is 2. The molecule has 1 aromatic rings. The van der Waals surface area contributed by atoms with Gasteiger partial charge < -0.3 is 11.1 Å². The molecule has 0 aliphatic heterocycles. The van der Waals surface area contributed by atoms with Crippen LogP contribution in [0.2, 0.25) is 0 Å². The summed E-state index contributed by atoms with van der Waals surface area (Å²) in [6.45, 7) is 4.25. The molecule has 0 bridgehead atoms. The van der Waals surface area contributed by atoms with E-state index in [1.165, 1.54) is 26.0 Å². The Kier molecular flexibility index (Phi) is 6.29. The Morgan fingerprint density at radius 2 is 2.00 bits per heavy atom. The fraction of sp³-hybridized carbons (Fsp3) is 0.571. The van der Waals surface area contributed by atoms with Crippen molar-refractivity contribution in [3.05, 3.63) is 18.2 Å². The average Bonchev–Trinajstić information content (AvgIpc) is 2.41. The number of benzene rings is 1. The van der Waals surface area contributed by atoms with Crippen molar-refractivity contribution in [2.45, 2.75) is 50.5 Å². The topological polar surface area (TPSA) is 84.2 Å². The maximum absolute atomic E-state index is 11.8. The lowest BCUT2D eigenvalue weighted by Gasteiger charge is -2.17. The Morgan fingerprint density at radius 1 is 1.30 bits per heavy atom. The Balaban J connectivity index is 2.82. The van der Waals surface area contributed by atoms with Crippen molar-refractivity contribution in [3.63, 3.8) is 0 Å². The summed E-state index contributed by atoms with van der Waals surface area (Å²) in [4.78, 5) is 0.220. The largest absolute Gasteiger partial charge is 0.397 e. The van der Waals surface area contributed by atoms with E-state index < -0.39 is 10.0 Å². The summed E-state index contributed by atoms with van der Waals surface area (Å²) in [6, 6.07) is 4.97. The van der Waals surface area contributed by atoms with Crippen molar-refractivity contribution in [2.75, 3.05) is 18.1 Å². The van der Waals surface area contributed by atoms with Gasteiger partial charge in [0.2, 0.25) is 10.0 Å². The van der Waals surface area contributed by atoms with E-state index in [4.69, 9.17) is 5.73 Å². The number of rotatable bonds is 8. The van der Waals surface area contributed by atoms with Crippen LogP contribution in [0.5, 0.6) is 0 Å². The van der Waals surface area contributed by atoms with Crippen LogP contribution in [-0.4, -0.2) is 21.5 Å².